The Morgan fingerprint density at radius 1 is 1.28 bits per heavy atom. The molecule has 2 rings (SSSR count). The van der Waals surface area contributed by atoms with Crippen LogP contribution in [0.5, 0.6) is 5.75 Å². The molecule has 0 spiro atoms. The lowest BCUT2D eigenvalue weighted by Gasteiger charge is -2.03. The van der Waals surface area contributed by atoms with E-state index >= 15 is 0 Å². The number of nitrogens with one attached hydrogen (secondary N) is 1. The fourth-order valence-electron chi connectivity index (χ4n) is 1.14. The van der Waals surface area contributed by atoms with Crippen LogP contribution in [0.2, 0.25) is 0 Å². The van der Waals surface area contributed by atoms with E-state index in [2.05, 4.69) is 10.3 Å². The molecular formula is C11H8N2O4S. The summed E-state index contributed by atoms with van der Waals surface area (Å²) in [6, 6.07) is 8.52. The number of hydrogen-bond acceptors (Lipinski definition) is 5. The topological polar surface area (TPSA) is 88.5 Å². The minimum atomic E-state index is -1.14. The Labute approximate surface area is 106 Å². The number of amides is 1. The largest absolute Gasteiger partial charge is 0.476 e. The van der Waals surface area contributed by atoms with Gasteiger partial charge in [-0.15, -0.1) is 11.3 Å². The van der Waals surface area contributed by atoms with E-state index in [0.717, 1.165) is 11.3 Å². The smallest absolute Gasteiger partial charge is 0.418 e. The van der Waals surface area contributed by atoms with Crippen molar-refractivity contribution in [2.75, 3.05) is 5.32 Å². The number of para-hydroxylation sites is 1. The number of rotatable bonds is 3. The van der Waals surface area contributed by atoms with Crippen LogP contribution >= 0.6 is 11.3 Å². The van der Waals surface area contributed by atoms with Gasteiger partial charge in [0.25, 0.3) is 0 Å². The van der Waals surface area contributed by atoms with Gasteiger partial charge in [0.05, 0.1) is 0 Å². The third-order valence-electron chi connectivity index (χ3n) is 1.89. The normalized spacial score (nSPS) is 9.78. The van der Waals surface area contributed by atoms with Crippen LogP contribution in [0.1, 0.15) is 10.5 Å². The molecule has 2 N–H and O–H groups in total. The SMILES string of the molecule is O=C(Nc1nc(C(=O)O)cs1)Oc1ccccc1. The van der Waals surface area contributed by atoms with Crippen molar-refractivity contribution in [1.29, 1.82) is 0 Å². The molecule has 0 aliphatic rings. The number of benzene rings is 1. The minimum absolute atomic E-state index is 0.116. The number of hydrogen-bond donors (Lipinski definition) is 2. The van der Waals surface area contributed by atoms with E-state index in [0.29, 0.717) is 5.75 Å². The van der Waals surface area contributed by atoms with Crippen molar-refractivity contribution < 1.29 is 19.4 Å². The number of aromatic carboxylic acids is 1. The van der Waals surface area contributed by atoms with Gasteiger partial charge in [0.1, 0.15) is 5.75 Å². The fraction of sp³-hybridized carbons (Fsp3) is 0. The first-order valence-corrected chi connectivity index (χ1v) is 5.76. The number of nitrogens with zero attached hydrogens (tertiary/aromatic N) is 1. The lowest BCUT2D eigenvalue weighted by atomic mass is 10.3. The summed E-state index contributed by atoms with van der Waals surface area (Å²) in [5.74, 6) is -0.749. The number of ether oxygens (including phenoxy) is 1. The Balaban J connectivity index is 1.97. The maximum Gasteiger partial charge on any atom is 0.418 e. The first kappa shape index (κ1) is 12.1. The highest BCUT2D eigenvalue weighted by molar-refractivity contribution is 7.14. The zero-order valence-corrected chi connectivity index (χ0v) is 9.81. The van der Waals surface area contributed by atoms with Crippen LogP contribution in [0.3, 0.4) is 0 Å². The van der Waals surface area contributed by atoms with Gasteiger partial charge in [0.2, 0.25) is 0 Å². The van der Waals surface area contributed by atoms with Crippen molar-refractivity contribution >= 4 is 28.5 Å². The van der Waals surface area contributed by atoms with Gasteiger partial charge < -0.3 is 9.84 Å². The van der Waals surface area contributed by atoms with Crippen LogP contribution in [0.25, 0.3) is 0 Å². The van der Waals surface area contributed by atoms with Crippen molar-refractivity contribution in [3.63, 3.8) is 0 Å². The van der Waals surface area contributed by atoms with E-state index in [1.807, 2.05) is 0 Å². The maximum absolute atomic E-state index is 11.4. The number of thiazole rings is 1. The van der Waals surface area contributed by atoms with Crippen LogP contribution in [0.15, 0.2) is 35.7 Å². The molecule has 18 heavy (non-hydrogen) atoms. The van der Waals surface area contributed by atoms with Crippen LogP contribution in [-0.4, -0.2) is 22.2 Å². The second kappa shape index (κ2) is 5.28. The third-order valence-corrected chi connectivity index (χ3v) is 2.64. The van der Waals surface area contributed by atoms with Crippen LogP contribution in [-0.2, 0) is 0 Å². The van der Waals surface area contributed by atoms with E-state index < -0.39 is 12.1 Å². The molecule has 0 bridgehead atoms. The zero-order valence-electron chi connectivity index (χ0n) is 8.99. The molecule has 0 saturated carbocycles. The molecule has 0 atom stereocenters. The van der Waals surface area contributed by atoms with Gasteiger partial charge in [-0.3, -0.25) is 5.32 Å². The average Bonchev–Trinajstić information content (AvgIpc) is 2.78. The van der Waals surface area contributed by atoms with E-state index in [-0.39, 0.29) is 10.8 Å². The molecule has 0 saturated heterocycles. The first-order valence-electron chi connectivity index (χ1n) is 4.88. The molecule has 1 amide bonds. The van der Waals surface area contributed by atoms with Crippen molar-refractivity contribution in [3.05, 3.63) is 41.4 Å². The quantitative estimate of drug-likeness (QED) is 0.888. The second-order valence-corrected chi connectivity index (χ2v) is 4.03. The number of aromatic nitrogens is 1. The van der Waals surface area contributed by atoms with Crippen LogP contribution < -0.4 is 10.1 Å². The molecule has 0 fully saturated rings. The summed E-state index contributed by atoms with van der Waals surface area (Å²) >= 11 is 1.01. The minimum Gasteiger partial charge on any atom is -0.476 e. The number of anilines is 1. The molecule has 0 radical (unpaired) electrons. The lowest BCUT2D eigenvalue weighted by Crippen LogP contribution is -2.16. The van der Waals surface area contributed by atoms with Crippen molar-refractivity contribution in [3.8, 4) is 5.75 Å². The predicted molar refractivity (Wildman–Crippen MR) is 65.2 cm³/mol. The maximum atomic E-state index is 11.4. The van der Waals surface area contributed by atoms with Crippen molar-refractivity contribution in [2.24, 2.45) is 0 Å². The van der Waals surface area contributed by atoms with Gasteiger partial charge in [-0.05, 0) is 12.1 Å². The molecule has 0 aliphatic heterocycles. The second-order valence-electron chi connectivity index (χ2n) is 3.17. The standard InChI is InChI=1S/C11H8N2O4S/c14-9(15)8-6-18-10(12-8)13-11(16)17-7-4-2-1-3-5-7/h1-6H,(H,14,15)(H,12,13,16). The molecule has 1 heterocycles. The summed E-state index contributed by atoms with van der Waals surface area (Å²) in [6.07, 6.45) is -0.715. The van der Waals surface area contributed by atoms with Gasteiger partial charge in [-0.25, -0.2) is 14.6 Å². The van der Waals surface area contributed by atoms with Crippen LogP contribution in [0.4, 0.5) is 9.93 Å². The molecule has 0 unspecified atom stereocenters. The van der Waals surface area contributed by atoms with E-state index in [4.69, 9.17) is 9.84 Å². The Morgan fingerprint density at radius 3 is 2.61 bits per heavy atom. The lowest BCUT2D eigenvalue weighted by molar-refractivity contribution is 0.0691. The number of carbonyl (C=O) groups excluding carboxylic acids is 1. The van der Waals surface area contributed by atoms with Crippen molar-refractivity contribution in [1.82, 2.24) is 4.98 Å². The van der Waals surface area contributed by atoms with E-state index in [1.165, 1.54) is 5.38 Å². The van der Waals surface area contributed by atoms with E-state index in [1.54, 1.807) is 30.3 Å². The molecule has 0 aliphatic carbocycles. The van der Waals surface area contributed by atoms with Crippen LogP contribution in [0, 0.1) is 0 Å². The van der Waals surface area contributed by atoms with E-state index in [9.17, 15) is 9.59 Å². The van der Waals surface area contributed by atoms with Crippen molar-refractivity contribution in [2.45, 2.75) is 0 Å². The fourth-order valence-corrected chi connectivity index (χ4v) is 1.81. The van der Waals surface area contributed by atoms with Gasteiger partial charge >= 0.3 is 12.1 Å². The van der Waals surface area contributed by atoms with Gasteiger partial charge in [-0.1, -0.05) is 18.2 Å². The predicted octanol–water partition coefficient (Wildman–Crippen LogP) is 2.45. The molecule has 1 aromatic carbocycles. The summed E-state index contributed by atoms with van der Waals surface area (Å²) in [7, 11) is 0. The Morgan fingerprint density at radius 2 is 2.00 bits per heavy atom. The summed E-state index contributed by atoms with van der Waals surface area (Å²) < 4.78 is 4.96. The number of carbonyl (C=O) groups is 2. The van der Waals surface area contributed by atoms with Gasteiger partial charge in [0, 0.05) is 5.38 Å². The summed E-state index contributed by atoms with van der Waals surface area (Å²) in [5, 5.41) is 12.5. The molecular weight excluding hydrogens is 256 g/mol. The Bertz CT molecular complexity index is 567. The summed E-state index contributed by atoms with van der Waals surface area (Å²) in [4.78, 5) is 25.7. The highest BCUT2D eigenvalue weighted by Gasteiger charge is 2.11. The summed E-state index contributed by atoms with van der Waals surface area (Å²) in [6.45, 7) is 0. The monoisotopic (exact) mass is 264 g/mol. The Kier molecular flexibility index (Phi) is 3.54. The average molecular weight is 264 g/mol. The van der Waals surface area contributed by atoms with Gasteiger partial charge in [0.15, 0.2) is 10.8 Å². The highest BCUT2D eigenvalue weighted by Crippen LogP contribution is 2.16. The number of carboxylic acids is 1. The summed E-state index contributed by atoms with van der Waals surface area (Å²) in [5.41, 5.74) is -0.116. The first-order chi connectivity index (χ1) is 8.65. The van der Waals surface area contributed by atoms with Gasteiger partial charge in [-0.2, -0.15) is 0 Å². The highest BCUT2D eigenvalue weighted by atomic mass is 32.1. The third kappa shape index (κ3) is 3.05. The molecule has 1 aromatic heterocycles. The molecule has 6 nitrogen and oxygen atoms in total. The Hall–Kier alpha value is -2.41. The zero-order chi connectivity index (χ0) is 13.0. The molecule has 92 valence electrons. The number of carboxylic acid groups (broad SMARTS) is 1. The molecule has 2 aromatic rings. The molecule has 7 heteroatoms.